The van der Waals surface area contributed by atoms with E-state index in [2.05, 4.69) is 11.8 Å². The predicted molar refractivity (Wildman–Crippen MR) is 67.5 cm³/mol. The first-order valence-corrected chi connectivity index (χ1v) is 6.36. The maximum absolute atomic E-state index is 13.3. The van der Waals surface area contributed by atoms with Crippen molar-refractivity contribution in [1.82, 2.24) is 0 Å². The number of hydrogen-bond acceptors (Lipinski definition) is 2. The molecule has 0 radical (unpaired) electrons. The Morgan fingerprint density at radius 3 is 2.25 bits per heavy atom. The molecule has 108 valence electrons. The summed E-state index contributed by atoms with van der Waals surface area (Å²) in [6, 6.07) is 6.76. The second-order valence-electron chi connectivity index (χ2n) is 4.93. The fraction of sp³-hybridized carbons (Fsp3) is 0.467. The molecule has 2 rings (SSSR count). The summed E-state index contributed by atoms with van der Waals surface area (Å²) in [5.41, 5.74) is -3.47. The Morgan fingerprint density at radius 2 is 1.80 bits per heavy atom. The quantitative estimate of drug-likeness (QED) is 0.837. The molecule has 1 aliphatic carbocycles. The third kappa shape index (κ3) is 2.82. The highest BCUT2D eigenvalue weighted by molar-refractivity contribution is 5.29. The maximum atomic E-state index is 13.3. The largest absolute Gasteiger partial charge is 0.422 e. The highest BCUT2D eigenvalue weighted by Crippen LogP contribution is 2.44. The van der Waals surface area contributed by atoms with Crippen LogP contribution in [0.3, 0.4) is 0 Å². The molecule has 0 aromatic heterocycles. The number of rotatable bonds is 3. The first kappa shape index (κ1) is 14.9. The van der Waals surface area contributed by atoms with E-state index >= 15 is 0 Å². The first-order valence-electron chi connectivity index (χ1n) is 6.36. The second-order valence-corrected chi connectivity index (χ2v) is 4.93. The Morgan fingerprint density at radius 1 is 1.20 bits per heavy atom. The number of halogens is 3. The van der Waals surface area contributed by atoms with Crippen LogP contribution in [-0.2, 0) is 5.60 Å². The summed E-state index contributed by atoms with van der Waals surface area (Å²) in [4.78, 5) is 0. The molecule has 1 fully saturated rings. The molecular formula is C15H15F3O2. The molecule has 2 N–H and O–H groups in total. The summed E-state index contributed by atoms with van der Waals surface area (Å²) in [7, 11) is 0. The predicted octanol–water partition coefficient (Wildman–Crippen LogP) is 2.46. The standard InChI is InChI=1S/C15H15F3O2/c16-15(17,18)14(20,12-4-2-1-3-5-12)13(10-19)9-8-11-6-7-11/h1-5,11,13,19-20H,6-7,10H2/t13-,14+/m0/s1. The van der Waals surface area contributed by atoms with E-state index in [9.17, 15) is 23.4 Å². The molecule has 0 spiro atoms. The fourth-order valence-corrected chi connectivity index (χ4v) is 1.98. The normalized spacial score (nSPS) is 19.6. The summed E-state index contributed by atoms with van der Waals surface area (Å²) in [6.45, 7) is -0.857. The lowest BCUT2D eigenvalue weighted by molar-refractivity contribution is -0.283. The molecule has 5 heteroatoms. The minimum absolute atomic E-state index is 0.0947. The number of benzene rings is 1. The highest BCUT2D eigenvalue weighted by Gasteiger charge is 2.59. The van der Waals surface area contributed by atoms with Crippen LogP contribution in [0.2, 0.25) is 0 Å². The van der Waals surface area contributed by atoms with E-state index < -0.39 is 24.3 Å². The SMILES string of the molecule is OC[C@H](C#CC1CC1)[C@](O)(c1ccccc1)C(F)(F)F. The molecule has 0 amide bonds. The van der Waals surface area contributed by atoms with Crippen molar-refractivity contribution < 1.29 is 23.4 Å². The summed E-state index contributed by atoms with van der Waals surface area (Å²) < 4.78 is 40.0. The molecule has 0 aliphatic heterocycles. The third-order valence-corrected chi connectivity index (χ3v) is 3.37. The molecule has 0 saturated heterocycles. The van der Waals surface area contributed by atoms with Gasteiger partial charge in [0.25, 0.3) is 0 Å². The van der Waals surface area contributed by atoms with Gasteiger partial charge < -0.3 is 10.2 Å². The van der Waals surface area contributed by atoms with Crippen LogP contribution in [0.5, 0.6) is 0 Å². The minimum atomic E-state index is -4.92. The van der Waals surface area contributed by atoms with Crippen LogP contribution < -0.4 is 0 Å². The van der Waals surface area contributed by atoms with Crippen molar-refractivity contribution in [2.45, 2.75) is 24.6 Å². The van der Waals surface area contributed by atoms with Crippen molar-refractivity contribution in [3.8, 4) is 11.8 Å². The molecule has 1 saturated carbocycles. The molecule has 0 unspecified atom stereocenters. The van der Waals surface area contributed by atoms with Crippen LogP contribution >= 0.6 is 0 Å². The molecule has 2 atom stereocenters. The van der Waals surface area contributed by atoms with Gasteiger partial charge in [0.05, 0.1) is 12.5 Å². The highest BCUT2D eigenvalue weighted by atomic mass is 19.4. The summed E-state index contributed by atoms with van der Waals surface area (Å²) in [5, 5.41) is 19.5. The average Bonchev–Trinajstić information content (AvgIpc) is 3.23. The topological polar surface area (TPSA) is 40.5 Å². The molecule has 2 nitrogen and oxygen atoms in total. The number of hydrogen-bond donors (Lipinski definition) is 2. The minimum Gasteiger partial charge on any atom is -0.395 e. The van der Waals surface area contributed by atoms with E-state index in [0.717, 1.165) is 12.8 Å². The number of aliphatic hydroxyl groups is 2. The zero-order chi connectivity index (χ0) is 14.8. The van der Waals surface area contributed by atoms with Crippen LogP contribution in [0, 0.1) is 23.7 Å². The van der Waals surface area contributed by atoms with Gasteiger partial charge >= 0.3 is 6.18 Å². The van der Waals surface area contributed by atoms with Gasteiger partial charge in [-0.2, -0.15) is 13.2 Å². The van der Waals surface area contributed by atoms with Gasteiger partial charge in [-0.1, -0.05) is 42.2 Å². The Balaban J connectivity index is 2.43. The van der Waals surface area contributed by atoms with Gasteiger partial charge in [0.2, 0.25) is 5.60 Å². The molecule has 0 heterocycles. The fourth-order valence-electron chi connectivity index (χ4n) is 1.98. The second kappa shape index (κ2) is 5.47. The maximum Gasteiger partial charge on any atom is 0.422 e. The Bertz CT molecular complexity index is 511. The van der Waals surface area contributed by atoms with Gasteiger partial charge in [-0.15, -0.1) is 0 Å². The van der Waals surface area contributed by atoms with Crippen LogP contribution in [0.25, 0.3) is 0 Å². The van der Waals surface area contributed by atoms with Gasteiger partial charge in [-0.25, -0.2) is 0 Å². The zero-order valence-electron chi connectivity index (χ0n) is 10.7. The third-order valence-electron chi connectivity index (χ3n) is 3.37. The van der Waals surface area contributed by atoms with E-state index in [0.29, 0.717) is 0 Å². The van der Waals surface area contributed by atoms with E-state index in [4.69, 9.17) is 0 Å². The molecular weight excluding hydrogens is 269 g/mol. The van der Waals surface area contributed by atoms with Crippen molar-refractivity contribution >= 4 is 0 Å². The van der Waals surface area contributed by atoms with Crippen molar-refractivity contribution in [2.24, 2.45) is 11.8 Å². The molecule has 1 aliphatic rings. The Labute approximate surface area is 115 Å². The average molecular weight is 284 g/mol. The summed E-state index contributed by atoms with van der Waals surface area (Å²) in [6.07, 6.45) is -3.19. The van der Waals surface area contributed by atoms with Crippen LogP contribution in [0.4, 0.5) is 13.2 Å². The summed E-state index contributed by atoms with van der Waals surface area (Å²) in [5.74, 6) is 3.59. The molecule has 0 bridgehead atoms. The Kier molecular flexibility index (Phi) is 4.07. The number of alkyl halides is 3. The van der Waals surface area contributed by atoms with E-state index in [-0.39, 0.29) is 11.5 Å². The van der Waals surface area contributed by atoms with Gasteiger partial charge in [-0.05, 0) is 18.4 Å². The first-order chi connectivity index (χ1) is 9.39. The van der Waals surface area contributed by atoms with E-state index in [1.165, 1.54) is 24.3 Å². The van der Waals surface area contributed by atoms with Crippen molar-refractivity contribution in [3.05, 3.63) is 35.9 Å². The smallest absolute Gasteiger partial charge is 0.395 e. The molecule has 1 aromatic rings. The van der Waals surface area contributed by atoms with E-state index in [1.54, 1.807) is 6.07 Å². The zero-order valence-corrected chi connectivity index (χ0v) is 10.7. The van der Waals surface area contributed by atoms with Crippen LogP contribution in [-0.4, -0.2) is 23.0 Å². The molecule has 1 aromatic carbocycles. The van der Waals surface area contributed by atoms with Crippen molar-refractivity contribution in [1.29, 1.82) is 0 Å². The Hall–Kier alpha value is -1.51. The van der Waals surface area contributed by atoms with Gasteiger partial charge in [0.1, 0.15) is 0 Å². The monoisotopic (exact) mass is 284 g/mol. The lowest BCUT2D eigenvalue weighted by atomic mass is 9.81. The van der Waals surface area contributed by atoms with Crippen molar-refractivity contribution in [2.75, 3.05) is 6.61 Å². The van der Waals surface area contributed by atoms with Gasteiger partial charge in [-0.3, -0.25) is 0 Å². The lowest BCUT2D eigenvalue weighted by Gasteiger charge is -2.34. The van der Waals surface area contributed by atoms with Gasteiger partial charge in [0.15, 0.2) is 0 Å². The van der Waals surface area contributed by atoms with Gasteiger partial charge in [0, 0.05) is 5.92 Å². The van der Waals surface area contributed by atoms with E-state index in [1.807, 2.05) is 0 Å². The number of aliphatic hydroxyl groups excluding tert-OH is 1. The summed E-state index contributed by atoms with van der Waals surface area (Å²) >= 11 is 0. The van der Waals surface area contributed by atoms with Crippen LogP contribution in [0.15, 0.2) is 30.3 Å². The molecule has 20 heavy (non-hydrogen) atoms. The lowest BCUT2D eigenvalue weighted by Crippen LogP contribution is -2.49. The van der Waals surface area contributed by atoms with Crippen LogP contribution in [0.1, 0.15) is 18.4 Å². The van der Waals surface area contributed by atoms with Crippen molar-refractivity contribution in [3.63, 3.8) is 0 Å².